The molecular formula is C9H10N2O3. The molecule has 0 radical (unpaired) electrons. The lowest BCUT2D eigenvalue weighted by atomic mass is 9.98. The maximum Gasteiger partial charge on any atom is 0.314 e. The first kappa shape index (κ1) is 8.93. The number of carbonyl (C=O) groups excluding carboxylic acids is 2. The molecule has 0 amide bonds. The van der Waals surface area contributed by atoms with E-state index in [-0.39, 0.29) is 18.8 Å². The van der Waals surface area contributed by atoms with Crippen LogP contribution in [0.5, 0.6) is 0 Å². The SMILES string of the molecule is Cn1ccnc1C1CC(=O)OC(=O)C1. The maximum atomic E-state index is 11.0. The Morgan fingerprint density at radius 3 is 2.57 bits per heavy atom. The van der Waals surface area contributed by atoms with E-state index in [0.717, 1.165) is 5.82 Å². The molecule has 5 nitrogen and oxygen atoms in total. The summed E-state index contributed by atoms with van der Waals surface area (Å²) in [6, 6.07) is 0. The average molecular weight is 194 g/mol. The lowest BCUT2D eigenvalue weighted by Gasteiger charge is -2.18. The molecule has 1 aromatic rings. The number of esters is 2. The minimum atomic E-state index is -0.464. The Morgan fingerprint density at radius 1 is 1.43 bits per heavy atom. The van der Waals surface area contributed by atoms with Crippen LogP contribution in [0.2, 0.25) is 0 Å². The summed E-state index contributed by atoms with van der Waals surface area (Å²) in [7, 11) is 1.84. The number of aryl methyl sites for hydroxylation is 1. The fourth-order valence-electron chi connectivity index (χ4n) is 1.64. The fraction of sp³-hybridized carbons (Fsp3) is 0.444. The van der Waals surface area contributed by atoms with Gasteiger partial charge in [-0.05, 0) is 0 Å². The molecule has 5 heteroatoms. The van der Waals surface area contributed by atoms with Crippen molar-refractivity contribution in [3.8, 4) is 0 Å². The lowest BCUT2D eigenvalue weighted by Crippen LogP contribution is -2.25. The molecule has 1 aliphatic heterocycles. The van der Waals surface area contributed by atoms with E-state index >= 15 is 0 Å². The van der Waals surface area contributed by atoms with Crippen molar-refractivity contribution in [1.29, 1.82) is 0 Å². The van der Waals surface area contributed by atoms with Gasteiger partial charge >= 0.3 is 11.9 Å². The fourth-order valence-corrected chi connectivity index (χ4v) is 1.64. The quantitative estimate of drug-likeness (QED) is 0.478. The molecule has 0 aromatic carbocycles. The van der Waals surface area contributed by atoms with Crippen LogP contribution in [0.25, 0.3) is 0 Å². The van der Waals surface area contributed by atoms with Crippen LogP contribution < -0.4 is 0 Å². The lowest BCUT2D eigenvalue weighted by molar-refractivity contribution is -0.164. The number of rotatable bonds is 1. The van der Waals surface area contributed by atoms with Crippen LogP contribution in [0.15, 0.2) is 12.4 Å². The Morgan fingerprint density at radius 2 is 2.07 bits per heavy atom. The van der Waals surface area contributed by atoms with Gasteiger partial charge in [0.25, 0.3) is 0 Å². The van der Waals surface area contributed by atoms with Crippen LogP contribution in [-0.2, 0) is 21.4 Å². The van der Waals surface area contributed by atoms with Gasteiger partial charge in [0.1, 0.15) is 5.82 Å². The first-order chi connectivity index (χ1) is 6.66. The van der Waals surface area contributed by atoms with Crippen LogP contribution in [-0.4, -0.2) is 21.5 Å². The third-order valence-electron chi connectivity index (χ3n) is 2.28. The summed E-state index contributed by atoms with van der Waals surface area (Å²) in [5.41, 5.74) is 0. The molecule has 0 bridgehead atoms. The molecule has 74 valence electrons. The normalized spacial score (nSPS) is 18.4. The highest BCUT2D eigenvalue weighted by molar-refractivity contribution is 5.89. The standard InChI is InChI=1S/C9H10N2O3/c1-11-3-2-10-9(11)6-4-7(12)14-8(13)5-6/h2-3,6H,4-5H2,1H3. The van der Waals surface area contributed by atoms with E-state index in [1.165, 1.54) is 0 Å². The Labute approximate surface area is 80.7 Å². The Kier molecular flexibility index (Phi) is 2.07. The zero-order valence-corrected chi connectivity index (χ0v) is 7.77. The molecule has 1 saturated heterocycles. The predicted octanol–water partition coefficient (Wildman–Crippen LogP) is 0.367. The molecule has 14 heavy (non-hydrogen) atoms. The largest absolute Gasteiger partial charge is 0.393 e. The number of aromatic nitrogens is 2. The van der Waals surface area contributed by atoms with Gasteiger partial charge in [-0.2, -0.15) is 0 Å². The van der Waals surface area contributed by atoms with Gasteiger partial charge in [0.15, 0.2) is 0 Å². The molecule has 2 heterocycles. The summed E-state index contributed by atoms with van der Waals surface area (Å²) >= 11 is 0. The molecule has 0 saturated carbocycles. The van der Waals surface area contributed by atoms with Crippen molar-refractivity contribution in [3.63, 3.8) is 0 Å². The van der Waals surface area contributed by atoms with Gasteiger partial charge in [-0.1, -0.05) is 0 Å². The van der Waals surface area contributed by atoms with Crippen molar-refractivity contribution in [2.24, 2.45) is 7.05 Å². The van der Waals surface area contributed by atoms with Crippen LogP contribution in [0.3, 0.4) is 0 Å². The van der Waals surface area contributed by atoms with E-state index in [1.807, 2.05) is 11.6 Å². The number of carbonyl (C=O) groups is 2. The minimum absolute atomic E-state index is 0.135. The third-order valence-corrected chi connectivity index (χ3v) is 2.28. The van der Waals surface area contributed by atoms with Gasteiger partial charge in [0.05, 0.1) is 12.8 Å². The second-order valence-electron chi connectivity index (χ2n) is 3.35. The number of imidazole rings is 1. The zero-order chi connectivity index (χ0) is 10.1. The van der Waals surface area contributed by atoms with E-state index in [2.05, 4.69) is 9.72 Å². The van der Waals surface area contributed by atoms with Crippen LogP contribution in [0.4, 0.5) is 0 Å². The summed E-state index contributed by atoms with van der Waals surface area (Å²) in [5.74, 6) is -0.303. The second-order valence-corrected chi connectivity index (χ2v) is 3.35. The zero-order valence-electron chi connectivity index (χ0n) is 7.77. The Balaban J connectivity index is 2.23. The smallest absolute Gasteiger partial charge is 0.314 e. The number of hydrogen-bond donors (Lipinski definition) is 0. The highest BCUT2D eigenvalue weighted by Gasteiger charge is 2.30. The van der Waals surface area contributed by atoms with Crippen molar-refractivity contribution < 1.29 is 14.3 Å². The highest BCUT2D eigenvalue weighted by atomic mass is 16.6. The van der Waals surface area contributed by atoms with Crippen LogP contribution >= 0.6 is 0 Å². The average Bonchev–Trinajstić information content (AvgIpc) is 2.49. The minimum Gasteiger partial charge on any atom is -0.393 e. The molecule has 0 spiro atoms. The highest BCUT2D eigenvalue weighted by Crippen LogP contribution is 2.26. The summed E-state index contributed by atoms with van der Waals surface area (Å²) in [6.45, 7) is 0. The molecule has 0 N–H and O–H groups in total. The van der Waals surface area contributed by atoms with E-state index in [0.29, 0.717) is 0 Å². The van der Waals surface area contributed by atoms with E-state index < -0.39 is 11.9 Å². The van der Waals surface area contributed by atoms with Gasteiger partial charge in [0, 0.05) is 25.4 Å². The molecule has 2 rings (SSSR count). The predicted molar refractivity (Wildman–Crippen MR) is 46.3 cm³/mol. The van der Waals surface area contributed by atoms with Gasteiger partial charge in [-0.15, -0.1) is 0 Å². The summed E-state index contributed by atoms with van der Waals surface area (Å²) in [5, 5.41) is 0. The first-order valence-corrected chi connectivity index (χ1v) is 4.37. The molecule has 1 aliphatic rings. The number of hydrogen-bond acceptors (Lipinski definition) is 4. The molecule has 1 aromatic heterocycles. The van der Waals surface area contributed by atoms with Crippen LogP contribution in [0, 0.1) is 0 Å². The number of ether oxygens (including phenoxy) is 1. The second kappa shape index (κ2) is 3.25. The summed E-state index contributed by atoms with van der Waals surface area (Å²) in [4.78, 5) is 26.1. The van der Waals surface area contributed by atoms with Gasteiger partial charge in [-0.3, -0.25) is 9.59 Å². The molecular weight excluding hydrogens is 184 g/mol. The Hall–Kier alpha value is -1.65. The molecule has 1 fully saturated rings. The van der Waals surface area contributed by atoms with Crippen molar-refractivity contribution in [2.45, 2.75) is 18.8 Å². The van der Waals surface area contributed by atoms with E-state index in [4.69, 9.17) is 0 Å². The first-order valence-electron chi connectivity index (χ1n) is 4.37. The Bertz CT molecular complexity index is 367. The summed E-state index contributed by atoms with van der Waals surface area (Å²) in [6.07, 6.45) is 3.91. The van der Waals surface area contributed by atoms with Gasteiger partial charge in [0.2, 0.25) is 0 Å². The monoisotopic (exact) mass is 194 g/mol. The van der Waals surface area contributed by atoms with Crippen molar-refractivity contribution >= 4 is 11.9 Å². The van der Waals surface area contributed by atoms with Crippen molar-refractivity contribution in [2.75, 3.05) is 0 Å². The van der Waals surface area contributed by atoms with E-state index in [9.17, 15) is 9.59 Å². The van der Waals surface area contributed by atoms with Gasteiger partial charge < -0.3 is 9.30 Å². The van der Waals surface area contributed by atoms with Crippen molar-refractivity contribution in [1.82, 2.24) is 9.55 Å². The number of cyclic esters (lactones) is 2. The van der Waals surface area contributed by atoms with Gasteiger partial charge in [-0.25, -0.2) is 4.98 Å². The number of nitrogens with zero attached hydrogens (tertiary/aromatic N) is 2. The van der Waals surface area contributed by atoms with Crippen molar-refractivity contribution in [3.05, 3.63) is 18.2 Å². The van der Waals surface area contributed by atoms with E-state index in [1.54, 1.807) is 12.4 Å². The third kappa shape index (κ3) is 1.53. The topological polar surface area (TPSA) is 61.2 Å². The molecule has 0 atom stereocenters. The summed E-state index contributed by atoms with van der Waals surface area (Å²) < 4.78 is 6.26. The maximum absolute atomic E-state index is 11.0. The molecule has 0 unspecified atom stereocenters. The molecule has 0 aliphatic carbocycles. The van der Waals surface area contributed by atoms with Crippen LogP contribution in [0.1, 0.15) is 24.6 Å².